The molecule has 2 rings (SSSR count). The predicted molar refractivity (Wildman–Crippen MR) is 71.0 cm³/mol. The maximum atomic E-state index is 12.2. The normalized spacial score (nSPS) is 10.1. The number of aryl methyl sites for hydroxylation is 1. The van der Waals surface area contributed by atoms with Gasteiger partial charge in [-0.3, -0.25) is 4.79 Å². The number of carboxylic acid groups (broad SMARTS) is 1. The molecule has 0 aliphatic heterocycles. The van der Waals surface area contributed by atoms with Crippen LogP contribution in [0.1, 0.15) is 27.2 Å². The molecular formula is C14H11N3O3. The standard InChI is InChI=1S/C14H11N3O3/c1-8-3-5-10(6-4-8)17-13(18)11(7-15)9(2)12(16-17)14(19)20/h3-6H,1-2H3,(H,19,20). The summed E-state index contributed by atoms with van der Waals surface area (Å²) in [7, 11) is 0. The molecule has 100 valence electrons. The molecule has 1 aromatic heterocycles. The molecule has 0 bridgehead atoms. The van der Waals surface area contributed by atoms with Crippen LogP contribution in [-0.4, -0.2) is 20.9 Å². The van der Waals surface area contributed by atoms with Crippen LogP contribution in [0.15, 0.2) is 29.1 Å². The number of hydrogen-bond donors (Lipinski definition) is 1. The Kier molecular flexibility index (Phi) is 3.36. The number of benzene rings is 1. The first-order chi connectivity index (χ1) is 9.45. The first kappa shape index (κ1) is 13.5. The van der Waals surface area contributed by atoms with Crippen LogP contribution in [0.4, 0.5) is 0 Å². The zero-order valence-electron chi connectivity index (χ0n) is 10.9. The Morgan fingerprint density at radius 3 is 2.40 bits per heavy atom. The summed E-state index contributed by atoms with van der Waals surface area (Å²) in [4.78, 5) is 23.3. The molecule has 6 heteroatoms. The number of aromatic carboxylic acids is 1. The summed E-state index contributed by atoms with van der Waals surface area (Å²) in [5.41, 5.74) is 0.347. The van der Waals surface area contributed by atoms with Crippen molar-refractivity contribution in [1.82, 2.24) is 9.78 Å². The summed E-state index contributed by atoms with van der Waals surface area (Å²) in [6.45, 7) is 3.29. The van der Waals surface area contributed by atoms with Crippen LogP contribution in [0.5, 0.6) is 0 Å². The number of carboxylic acids is 1. The maximum Gasteiger partial charge on any atom is 0.356 e. The molecule has 0 aliphatic carbocycles. The molecule has 1 aromatic carbocycles. The maximum absolute atomic E-state index is 12.2. The average molecular weight is 269 g/mol. The summed E-state index contributed by atoms with van der Waals surface area (Å²) in [6, 6.07) is 8.58. The second kappa shape index (κ2) is 4.97. The predicted octanol–water partition coefficient (Wildman–Crippen LogP) is 1.42. The molecule has 1 heterocycles. The van der Waals surface area contributed by atoms with Gasteiger partial charge in [0.15, 0.2) is 5.69 Å². The Balaban J connectivity index is 2.81. The van der Waals surface area contributed by atoms with E-state index >= 15 is 0 Å². The lowest BCUT2D eigenvalue weighted by atomic mass is 10.1. The van der Waals surface area contributed by atoms with Gasteiger partial charge in [-0.1, -0.05) is 17.7 Å². The second-order valence-corrected chi connectivity index (χ2v) is 4.32. The minimum absolute atomic E-state index is 0.0772. The number of hydrogen-bond acceptors (Lipinski definition) is 4. The van der Waals surface area contributed by atoms with Crippen LogP contribution in [0, 0.1) is 25.2 Å². The van der Waals surface area contributed by atoms with Gasteiger partial charge in [0.2, 0.25) is 0 Å². The Hall–Kier alpha value is -2.94. The molecule has 0 saturated heterocycles. The van der Waals surface area contributed by atoms with Crippen LogP contribution < -0.4 is 5.56 Å². The fraction of sp³-hybridized carbons (Fsp3) is 0.143. The highest BCUT2D eigenvalue weighted by Gasteiger charge is 2.19. The Bertz CT molecular complexity index is 783. The largest absolute Gasteiger partial charge is 0.476 e. The molecule has 6 nitrogen and oxygen atoms in total. The van der Waals surface area contributed by atoms with Gasteiger partial charge in [0, 0.05) is 5.56 Å². The van der Waals surface area contributed by atoms with E-state index < -0.39 is 11.5 Å². The van der Waals surface area contributed by atoms with Crippen molar-refractivity contribution in [3.63, 3.8) is 0 Å². The molecule has 2 aromatic rings. The van der Waals surface area contributed by atoms with Crippen LogP contribution in [-0.2, 0) is 0 Å². The molecule has 0 aliphatic rings. The molecule has 0 radical (unpaired) electrons. The molecule has 0 unspecified atom stereocenters. The minimum atomic E-state index is -1.28. The van der Waals surface area contributed by atoms with Crippen molar-refractivity contribution in [1.29, 1.82) is 5.26 Å². The third-order valence-corrected chi connectivity index (χ3v) is 2.93. The third-order valence-electron chi connectivity index (χ3n) is 2.93. The SMILES string of the molecule is Cc1ccc(-n2nc(C(=O)O)c(C)c(C#N)c2=O)cc1. The lowest BCUT2D eigenvalue weighted by Crippen LogP contribution is -2.28. The zero-order valence-corrected chi connectivity index (χ0v) is 10.9. The number of nitrogens with zero attached hydrogens (tertiary/aromatic N) is 3. The monoisotopic (exact) mass is 269 g/mol. The summed E-state index contributed by atoms with van der Waals surface area (Å²) >= 11 is 0. The van der Waals surface area contributed by atoms with Crippen molar-refractivity contribution in [2.45, 2.75) is 13.8 Å². The average Bonchev–Trinajstić information content (AvgIpc) is 2.40. The first-order valence-corrected chi connectivity index (χ1v) is 5.80. The molecule has 1 N–H and O–H groups in total. The van der Waals surface area contributed by atoms with E-state index in [0.717, 1.165) is 10.2 Å². The highest BCUT2D eigenvalue weighted by Crippen LogP contribution is 2.11. The van der Waals surface area contributed by atoms with Gasteiger partial charge in [-0.2, -0.15) is 15.0 Å². The van der Waals surface area contributed by atoms with E-state index in [1.807, 2.05) is 6.92 Å². The van der Waals surface area contributed by atoms with Gasteiger partial charge in [0.1, 0.15) is 11.6 Å². The topological polar surface area (TPSA) is 96.0 Å². The smallest absolute Gasteiger partial charge is 0.356 e. The molecule has 20 heavy (non-hydrogen) atoms. The van der Waals surface area contributed by atoms with Crippen molar-refractivity contribution in [2.75, 3.05) is 0 Å². The zero-order chi connectivity index (χ0) is 14.9. The van der Waals surface area contributed by atoms with E-state index in [2.05, 4.69) is 5.10 Å². The minimum Gasteiger partial charge on any atom is -0.476 e. The molecule has 0 spiro atoms. The van der Waals surface area contributed by atoms with Gasteiger partial charge >= 0.3 is 5.97 Å². The number of aromatic nitrogens is 2. The molecule has 0 saturated carbocycles. The van der Waals surface area contributed by atoms with Gasteiger partial charge in [-0.05, 0) is 26.0 Å². The van der Waals surface area contributed by atoms with E-state index in [9.17, 15) is 9.59 Å². The van der Waals surface area contributed by atoms with Crippen molar-refractivity contribution >= 4 is 5.97 Å². The number of carbonyl (C=O) groups is 1. The van der Waals surface area contributed by atoms with Crippen LogP contribution in [0.3, 0.4) is 0 Å². The van der Waals surface area contributed by atoms with Crippen molar-refractivity contribution in [3.8, 4) is 11.8 Å². The van der Waals surface area contributed by atoms with E-state index in [-0.39, 0.29) is 16.8 Å². The summed E-state index contributed by atoms with van der Waals surface area (Å²) in [6.07, 6.45) is 0. The van der Waals surface area contributed by atoms with Gasteiger partial charge in [0.05, 0.1) is 5.69 Å². The quantitative estimate of drug-likeness (QED) is 0.889. The highest BCUT2D eigenvalue weighted by molar-refractivity contribution is 5.87. The van der Waals surface area contributed by atoms with Gasteiger partial charge in [-0.25, -0.2) is 4.79 Å². The third kappa shape index (κ3) is 2.17. The van der Waals surface area contributed by atoms with Crippen molar-refractivity contribution < 1.29 is 9.90 Å². The Morgan fingerprint density at radius 2 is 1.90 bits per heavy atom. The lowest BCUT2D eigenvalue weighted by molar-refractivity contribution is 0.0687. The second-order valence-electron chi connectivity index (χ2n) is 4.32. The van der Waals surface area contributed by atoms with Crippen LogP contribution in [0.2, 0.25) is 0 Å². The summed E-state index contributed by atoms with van der Waals surface area (Å²) in [5.74, 6) is -1.28. The van der Waals surface area contributed by atoms with Crippen molar-refractivity contribution in [2.24, 2.45) is 0 Å². The fourth-order valence-corrected chi connectivity index (χ4v) is 1.80. The van der Waals surface area contributed by atoms with E-state index in [1.165, 1.54) is 6.92 Å². The first-order valence-electron chi connectivity index (χ1n) is 5.80. The number of rotatable bonds is 2. The Morgan fingerprint density at radius 1 is 1.30 bits per heavy atom. The lowest BCUT2D eigenvalue weighted by Gasteiger charge is -2.09. The molecule has 0 fully saturated rings. The number of nitriles is 1. The molecule has 0 atom stereocenters. The van der Waals surface area contributed by atoms with Crippen molar-refractivity contribution in [3.05, 3.63) is 57.0 Å². The molecular weight excluding hydrogens is 258 g/mol. The van der Waals surface area contributed by atoms with E-state index in [4.69, 9.17) is 10.4 Å². The Labute approximate surface area is 114 Å². The summed E-state index contributed by atoms with van der Waals surface area (Å²) < 4.78 is 0.939. The highest BCUT2D eigenvalue weighted by atomic mass is 16.4. The van der Waals surface area contributed by atoms with Gasteiger partial charge in [0.25, 0.3) is 5.56 Å². The summed E-state index contributed by atoms with van der Waals surface area (Å²) in [5, 5.41) is 22.0. The fourth-order valence-electron chi connectivity index (χ4n) is 1.80. The van der Waals surface area contributed by atoms with Gasteiger partial charge < -0.3 is 5.11 Å². The van der Waals surface area contributed by atoms with Gasteiger partial charge in [-0.15, -0.1) is 0 Å². The van der Waals surface area contributed by atoms with E-state index in [1.54, 1.807) is 30.3 Å². The van der Waals surface area contributed by atoms with Crippen LogP contribution in [0.25, 0.3) is 5.69 Å². The van der Waals surface area contributed by atoms with E-state index in [0.29, 0.717) is 5.69 Å². The van der Waals surface area contributed by atoms with Crippen LogP contribution >= 0.6 is 0 Å². The molecule has 0 amide bonds.